The smallest absolute Gasteiger partial charge is 0.410 e. The number of anilines is 1. The second-order valence-electron chi connectivity index (χ2n) is 10.3. The van der Waals surface area contributed by atoms with Crippen LogP contribution >= 0.6 is 11.6 Å². The quantitative estimate of drug-likeness (QED) is 0.529. The summed E-state index contributed by atoms with van der Waals surface area (Å²) in [7, 11) is 0. The standard InChI is InChI=1S/C20H22ClFN2O3.C7H11NO2/c1-20(2,27)13-10-24(11-13)17-8-16(22)15(7-18(17)25)19(26)23-9-12-3-5-14(21)6-4-12;9-7-8-4-2-1-3-6(8)5-10-7/h3-8,13,25,27H,9-11H2,1-2H3,(H,23,26);6H,1-5H2. The van der Waals surface area contributed by atoms with Gasteiger partial charge in [-0.25, -0.2) is 9.18 Å². The largest absolute Gasteiger partial charge is 0.506 e. The first kappa shape index (κ1) is 27.0. The van der Waals surface area contributed by atoms with Crippen LogP contribution in [0.15, 0.2) is 36.4 Å². The lowest BCUT2D eigenvalue weighted by molar-refractivity contribution is 0.00445. The third-order valence-electron chi connectivity index (χ3n) is 7.16. The number of nitrogens with one attached hydrogen (secondary N) is 1. The molecule has 1 atom stereocenters. The van der Waals surface area contributed by atoms with Gasteiger partial charge in [0.25, 0.3) is 5.91 Å². The summed E-state index contributed by atoms with van der Waals surface area (Å²) >= 11 is 5.82. The molecule has 3 fully saturated rings. The molecule has 0 radical (unpaired) electrons. The van der Waals surface area contributed by atoms with E-state index >= 15 is 0 Å². The van der Waals surface area contributed by atoms with Gasteiger partial charge in [0.1, 0.15) is 18.2 Å². The molecule has 10 heteroatoms. The number of phenols is 1. The first-order valence-electron chi connectivity index (χ1n) is 12.5. The molecule has 200 valence electrons. The van der Waals surface area contributed by atoms with Crippen LogP contribution in [-0.4, -0.2) is 65.0 Å². The van der Waals surface area contributed by atoms with Gasteiger partial charge in [0.2, 0.25) is 0 Å². The normalized spacial score (nSPS) is 19.4. The lowest BCUT2D eigenvalue weighted by Gasteiger charge is -2.46. The average molecular weight is 534 g/mol. The Morgan fingerprint density at radius 2 is 1.92 bits per heavy atom. The topological polar surface area (TPSA) is 102 Å². The molecule has 5 rings (SSSR count). The fourth-order valence-electron chi connectivity index (χ4n) is 4.65. The van der Waals surface area contributed by atoms with Crippen LogP contribution in [0.5, 0.6) is 5.75 Å². The number of piperidine rings is 1. The molecular formula is C27H33ClFN3O5. The van der Waals surface area contributed by atoms with Crippen molar-refractivity contribution in [3.63, 3.8) is 0 Å². The van der Waals surface area contributed by atoms with Crippen molar-refractivity contribution < 1.29 is 28.9 Å². The van der Waals surface area contributed by atoms with Gasteiger partial charge in [0, 0.05) is 43.2 Å². The summed E-state index contributed by atoms with van der Waals surface area (Å²) in [5, 5.41) is 23.4. The first-order chi connectivity index (χ1) is 17.5. The van der Waals surface area contributed by atoms with Crippen molar-refractivity contribution in [3.05, 3.63) is 58.4 Å². The number of halogens is 2. The molecule has 2 aromatic carbocycles. The first-order valence-corrected chi connectivity index (χ1v) is 12.9. The molecule has 3 aliphatic heterocycles. The van der Waals surface area contributed by atoms with Crippen molar-refractivity contribution in [2.45, 2.75) is 51.3 Å². The predicted octanol–water partition coefficient (Wildman–Crippen LogP) is 4.31. The highest BCUT2D eigenvalue weighted by atomic mass is 35.5. The molecule has 0 bridgehead atoms. The van der Waals surface area contributed by atoms with Crippen molar-refractivity contribution in [1.82, 2.24) is 10.2 Å². The fraction of sp³-hybridized carbons (Fsp3) is 0.481. The monoisotopic (exact) mass is 533 g/mol. The van der Waals surface area contributed by atoms with E-state index in [1.54, 1.807) is 43.0 Å². The van der Waals surface area contributed by atoms with Gasteiger partial charge < -0.3 is 30.1 Å². The van der Waals surface area contributed by atoms with Crippen molar-refractivity contribution in [3.8, 4) is 5.75 Å². The fourth-order valence-corrected chi connectivity index (χ4v) is 4.77. The Morgan fingerprint density at radius 3 is 2.57 bits per heavy atom. The predicted molar refractivity (Wildman–Crippen MR) is 138 cm³/mol. The summed E-state index contributed by atoms with van der Waals surface area (Å²) in [5.74, 6) is -1.44. The van der Waals surface area contributed by atoms with E-state index < -0.39 is 17.3 Å². The maximum Gasteiger partial charge on any atom is 0.410 e. The summed E-state index contributed by atoms with van der Waals surface area (Å²) in [5.41, 5.74) is 0.103. The number of hydrogen-bond donors (Lipinski definition) is 3. The van der Waals surface area contributed by atoms with Crippen LogP contribution in [0.3, 0.4) is 0 Å². The van der Waals surface area contributed by atoms with Gasteiger partial charge in [-0.1, -0.05) is 23.7 Å². The minimum absolute atomic E-state index is 0.0438. The zero-order chi connectivity index (χ0) is 26.7. The number of aromatic hydroxyl groups is 1. The van der Waals surface area contributed by atoms with E-state index in [1.807, 2.05) is 4.90 Å². The van der Waals surface area contributed by atoms with Gasteiger partial charge >= 0.3 is 6.09 Å². The molecule has 3 N–H and O–H groups in total. The summed E-state index contributed by atoms with van der Waals surface area (Å²) in [6.07, 6.45) is 3.42. The molecule has 0 spiro atoms. The van der Waals surface area contributed by atoms with Crippen molar-refractivity contribution in [2.24, 2.45) is 5.92 Å². The van der Waals surface area contributed by atoms with Crippen LogP contribution in [0.4, 0.5) is 14.9 Å². The van der Waals surface area contributed by atoms with E-state index in [9.17, 15) is 24.2 Å². The maximum atomic E-state index is 14.4. The number of amides is 2. The third kappa shape index (κ3) is 6.45. The molecule has 8 nitrogen and oxygen atoms in total. The van der Waals surface area contributed by atoms with E-state index in [-0.39, 0.29) is 29.9 Å². The number of rotatable bonds is 5. The van der Waals surface area contributed by atoms with Crippen molar-refractivity contribution in [1.29, 1.82) is 0 Å². The van der Waals surface area contributed by atoms with Gasteiger partial charge in [0.15, 0.2) is 0 Å². The number of nitrogens with zero attached hydrogens (tertiary/aromatic N) is 2. The summed E-state index contributed by atoms with van der Waals surface area (Å²) in [6.45, 7) is 6.23. The van der Waals surface area contributed by atoms with E-state index in [0.29, 0.717) is 36.4 Å². The SMILES string of the molecule is CC(C)(O)C1CN(c2cc(F)c(C(=O)NCc3ccc(Cl)cc3)cc2O)C1.O=C1OCC2CCCCN12. The van der Waals surface area contributed by atoms with Crippen LogP contribution in [0.2, 0.25) is 5.02 Å². The van der Waals surface area contributed by atoms with E-state index in [4.69, 9.17) is 16.3 Å². The average Bonchev–Trinajstić information content (AvgIpc) is 3.20. The third-order valence-corrected chi connectivity index (χ3v) is 7.41. The molecule has 1 unspecified atom stereocenters. The molecule has 3 saturated heterocycles. The molecule has 3 heterocycles. The van der Waals surface area contributed by atoms with Gasteiger partial charge in [-0.3, -0.25) is 4.79 Å². The zero-order valence-electron chi connectivity index (χ0n) is 21.0. The molecule has 2 amide bonds. The molecular weight excluding hydrogens is 501 g/mol. The van der Waals surface area contributed by atoms with E-state index in [2.05, 4.69) is 5.32 Å². The molecule has 0 saturated carbocycles. The van der Waals surface area contributed by atoms with Gasteiger partial charge in [-0.15, -0.1) is 0 Å². The highest BCUT2D eigenvalue weighted by molar-refractivity contribution is 6.30. The van der Waals surface area contributed by atoms with Crippen LogP contribution in [0.1, 0.15) is 49.0 Å². The number of aliphatic hydroxyl groups is 1. The lowest BCUT2D eigenvalue weighted by atomic mass is 9.84. The van der Waals surface area contributed by atoms with Gasteiger partial charge in [-0.05, 0) is 56.9 Å². The minimum Gasteiger partial charge on any atom is -0.506 e. The number of carbonyl (C=O) groups excluding carboxylic acids is 2. The zero-order valence-corrected chi connectivity index (χ0v) is 21.8. The second-order valence-corrected chi connectivity index (χ2v) is 10.7. The second kappa shape index (κ2) is 11.1. The summed E-state index contributed by atoms with van der Waals surface area (Å²) < 4.78 is 19.3. The Balaban J connectivity index is 0.000000265. The number of benzene rings is 2. The Morgan fingerprint density at radius 1 is 1.22 bits per heavy atom. The molecule has 2 aromatic rings. The Hall–Kier alpha value is -3.04. The number of fused-ring (bicyclic) bond motifs is 1. The van der Waals surface area contributed by atoms with E-state index in [0.717, 1.165) is 37.1 Å². The molecule has 0 aliphatic carbocycles. The number of hydrogen-bond acceptors (Lipinski definition) is 6. The molecule has 3 aliphatic rings. The Bertz CT molecular complexity index is 1130. The number of phenolic OH excluding ortho intramolecular Hbond substituents is 1. The highest BCUT2D eigenvalue weighted by Crippen LogP contribution is 2.37. The number of ether oxygens (including phenoxy) is 1. The molecule has 0 aromatic heterocycles. The van der Waals surface area contributed by atoms with Crippen molar-refractivity contribution >= 4 is 29.3 Å². The van der Waals surface area contributed by atoms with E-state index in [1.165, 1.54) is 6.42 Å². The van der Waals surface area contributed by atoms with Crippen LogP contribution in [-0.2, 0) is 11.3 Å². The van der Waals surface area contributed by atoms with Crippen LogP contribution in [0, 0.1) is 11.7 Å². The minimum atomic E-state index is -0.827. The van der Waals surface area contributed by atoms with Crippen molar-refractivity contribution in [2.75, 3.05) is 31.1 Å². The van der Waals surface area contributed by atoms with Gasteiger partial charge in [0.05, 0.1) is 22.9 Å². The summed E-state index contributed by atoms with van der Waals surface area (Å²) in [4.78, 5) is 26.8. The number of carbonyl (C=O) groups is 2. The lowest BCUT2D eigenvalue weighted by Crippen LogP contribution is -2.55. The number of cyclic esters (lactones) is 1. The van der Waals surface area contributed by atoms with Crippen LogP contribution in [0.25, 0.3) is 0 Å². The summed E-state index contributed by atoms with van der Waals surface area (Å²) in [6, 6.07) is 9.65. The Kier molecular flexibility index (Phi) is 8.14. The maximum absolute atomic E-state index is 14.4. The van der Waals surface area contributed by atoms with Gasteiger partial charge in [-0.2, -0.15) is 0 Å². The highest BCUT2D eigenvalue weighted by Gasteiger charge is 2.38. The molecule has 37 heavy (non-hydrogen) atoms. The van der Waals surface area contributed by atoms with Crippen LogP contribution < -0.4 is 10.2 Å². The Labute approximate surface area is 221 Å².